The second kappa shape index (κ2) is 19.1. The Morgan fingerprint density at radius 3 is 2.26 bits per heavy atom. The molecular formula is C47H57N9O5S. The third kappa shape index (κ3) is 10.5. The standard InChI is InChI=1S/C47H57N9O5S/c1-30-43(62-29-48-30)33-13-11-32(12-14-33)39(27-53(5)6)50-45(60)40-24-36(57)26-56(40)46(61)44(47(2,3)4)51-42(59)28-54-19-21-55(22-20-54)35-17-15-31(16-18-35)34-23-38(52-49-25-34)37-9-7-8-10-41(37)58/h7-18,23,25,29,36,39-40,44,57-58H,19-22,24,26-28H2,1-6H3,(H,50,60)(H,51,59)/t36?,39?,40?,44-/m1/s1. The van der Waals surface area contributed by atoms with Gasteiger partial charge in [-0.15, -0.1) is 11.3 Å². The molecule has 4 heterocycles. The summed E-state index contributed by atoms with van der Waals surface area (Å²) < 4.78 is 0. The van der Waals surface area contributed by atoms with Gasteiger partial charge in [-0.3, -0.25) is 19.3 Å². The average molecular weight is 860 g/mol. The van der Waals surface area contributed by atoms with E-state index < -0.39 is 23.6 Å². The van der Waals surface area contributed by atoms with Gasteiger partial charge < -0.3 is 35.5 Å². The highest BCUT2D eigenvalue weighted by Crippen LogP contribution is 2.32. The molecule has 14 nitrogen and oxygen atoms in total. The fourth-order valence-electron chi connectivity index (χ4n) is 8.22. The highest BCUT2D eigenvalue weighted by atomic mass is 32.1. The molecule has 4 N–H and O–H groups in total. The van der Waals surface area contributed by atoms with Crippen molar-refractivity contribution in [3.05, 3.63) is 102 Å². The van der Waals surface area contributed by atoms with Crippen LogP contribution in [-0.4, -0.2) is 136 Å². The number of para-hydroxylation sites is 1. The molecule has 2 saturated heterocycles. The van der Waals surface area contributed by atoms with Crippen molar-refractivity contribution in [1.29, 1.82) is 0 Å². The number of anilines is 1. The molecule has 15 heteroatoms. The van der Waals surface area contributed by atoms with Crippen molar-refractivity contribution in [2.75, 3.05) is 64.8 Å². The van der Waals surface area contributed by atoms with Gasteiger partial charge in [0.05, 0.1) is 46.7 Å². The van der Waals surface area contributed by atoms with Crippen LogP contribution in [0.1, 0.15) is 44.5 Å². The summed E-state index contributed by atoms with van der Waals surface area (Å²) in [6.45, 7) is 11.1. The van der Waals surface area contributed by atoms with Crippen molar-refractivity contribution in [1.82, 2.24) is 40.5 Å². The number of hydrogen-bond acceptors (Lipinski definition) is 12. The van der Waals surface area contributed by atoms with Crippen LogP contribution in [0.3, 0.4) is 0 Å². The number of rotatable bonds is 13. The summed E-state index contributed by atoms with van der Waals surface area (Å²) in [6.07, 6.45) is 0.942. The van der Waals surface area contributed by atoms with E-state index in [1.54, 1.807) is 29.7 Å². The molecule has 3 amide bonds. The number of carbonyl (C=O) groups excluding carboxylic acids is 3. The lowest BCUT2D eigenvalue weighted by atomic mass is 9.85. The Hall–Kier alpha value is -5.74. The van der Waals surface area contributed by atoms with E-state index in [9.17, 15) is 24.6 Å². The number of aryl methyl sites for hydroxylation is 1. The van der Waals surface area contributed by atoms with Gasteiger partial charge in [-0.25, -0.2) is 4.98 Å². The van der Waals surface area contributed by atoms with Crippen molar-refractivity contribution in [3.63, 3.8) is 0 Å². The normalized spacial score (nSPS) is 18.1. The number of hydrogen-bond donors (Lipinski definition) is 4. The molecule has 2 aliphatic heterocycles. The number of aromatic nitrogens is 3. The molecular weight excluding hydrogens is 803 g/mol. The topological polar surface area (TPSA) is 167 Å². The van der Waals surface area contributed by atoms with Crippen molar-refractivity contribution in [2.45, 2.75) is 58.3 Å². The predicted octanol–water partition coefficient (Wildman–Crippen LogP) is 4.98. The van der Waals surface area contributed by atoms with Crippen LogP contribution in [0.15, 0.2) is 90.6 Å². The Bertz CT molecular complexity index is 2340. The van der Waals surface area contributed by atoms with E-state index >= 15 is 0 Å². The fourth-order valence-corrected chi connectivity index (χ4v) is 9.03. The Morgan fingerprint density at radius 1 is 0.919 bits per heavy atom. The average Bonchev–Trinajstić information content (AvgIpc) is 3.87. The van der Waals surface area contributed by atoms with Crippen LogP contribution in [0.25, 0.3) is 32.8 Å². The van der Waals surface area contributed by atoms with Crippen molar-refractivity contribution >= 4 is 34.7 Å². The molecule has 2 aromatic heterocycles. The zero-order valence-corrected chi connectivity index (χ0v) is 37.1. The number of benzene rings is 3. The van der Waals surface area contributed by atoms with Gasteiger partial charge in [-0.05, 0) is 73.5 Å². The number of nitrogens with one attached hydrogen (secondary N) is 2. The lowest BCUT2D eigenvalue weighted by Crippen LogP contribution is -2.59. The van der Waals surface area contributed by atoms with E-state index in [4.69, 9.17) is 0 Å². The molecule has 0 saturated carbocycles. The minimum Gasteiger partial charge on any atom is -0.507 e. The third-order valence-corrected chi connectivity index (χ3v) is 12.6. The predicted molar refractivity (Wildman–Crippen MR) is 242 cm³/mol. The molecule has 62 heavy (non-hydrogen) atoms. The molecule has 3 aromatic carbocycles. The minimum absolute atomic E-state index is 0.00226. The van der Waals surface area contributed by atoms with Gasteiger partial charge in [0.15, 0.2) is 0 Å². The first-order valence-electron chi connectivity index (χ1n) is 21.1. The largest absolute Gasteiger partial charge is 0.507 e. The van der Waals surface area contributed by atoms with Gasteiger partial charge in [-0.1, -0.05) is 69.3 Å². The first kappa shape index (κ1) is 44.3. The van der Waals surface area contributed by atoms with Gasteiger partial charge in [0, 0.05) is 62.5 Å². The molecule has 0 aliphatic carbocycles. The third-order valence-electron chi connectivity index (χ3n) is 11.6. The SMILES string of the molecule is Cc1ncsc1-c1ccc(C(CN(C)C)NC(=O)C2CC(O)CN2C(=O)[C@@H](NC(=O)CN2CCN(c3ccc(-c4cnnc(-c5ccccc5O)c4)cc3)CC2)C(C)(C)C)cc1. The minimum atomic E-state index is -0.916. The molecule has 2 aliphatic rings. The summed E-state index contributed by atoms with van der Waals surface area (Å²) in [6, 6.07) is 23.1. The summed E-state index contributed by atoms with van der Waals surface area (Å²) in [5, 5.41) is 35.7. The van der Waals surface area contributed by atoms with Crippen molar-refractivity contribution in [2.24, 2.45) is 5.41 Å². The zero-order chi connectivity index (χ0) is 44.1. The smallest absolute Gasteiger partial charge is 0.246 e. The van der Waals surface area contributed by atoms with E-state index in [1.165, 1.54) is 4.90 Å². The van der Waals surface area contributed by atoms with E-state index in [2.05, 4.69) is 47.7 Å². The van der Waals surface area contributed by atoms with E-state index in [-0.39, 0.29) is 49.0 Å². The molecule has 3 unspecified atom stereocenters. The number of amides is 3. The first-order chi connectivity index (χ1) is 29.6. The Balaban J connectivity index is 0.948. The van der Waals surface area contributed by atoms with Crippen LogP contribution in [-0.2, 0) is 14.4 Å². The van der Waals surface area contributed by atoms with Crippen molar-refractivity contribution < 1.29 is 24.6 Å². The molecule has 5 aromatic rings. The van der Waals surface area contributed by atoms with Crippen LogP contribution >= 0.6 is 11.3 Å². The molecule has 326 valence electrons. The lowest BCUT2D eigenvalue weighted by Gasteiger charge is -2.38. The molecule has 0 bridgehead atoms. The number of carbonyl (C=O) groups is 3. The summed E-state index contributed by atoms with van der Waals surface area (Å²) in [5.41, 5.74) is 8.26. The lowest BCUT2D eigenvalue weighted by molar-refractivity contribution is -0.144. The number of aromatic hydroxyl groups is 1. The second-order valence-corrected chi connectivity index (χ2v) is 18.5. The first-order valence-corrected chi connectivity index (χ1v) is 21.9. The summed E-state index contributed by atoms with van der Waals surface area (Å²) in [4.78, 5) is 55.4. The highest BCUT2D eigenvalue weighted by molar-refractivity contribution is 7.13. The maximum absolute atomic E-state index is 14.4. The molecule has 2 fully saturated rings. The van der Waals surface area contributed by atoms with Crippen LogP contribution in [0, 0.1) is 12.3 Å². The Labute approximate surface area is 367 Å². The van der Waals surface area contributed by atoms with Crippen LogP contribution < -0.4 is 15.5 Å². The zero-order valence-electron chi connectivity index (χ0n) is 36.3. The molecule has 7 rings (SSSR count). The Morgan fingerprint density at radius 2 is 1.61 bits per heavy atom. The van der Waals surface area contributed by atoms with Gasteiger partial charge in [-0.2, -0.15) is 10.2 Å². The number of aliphatic hydroxyl groups is 1. The fraction of sp³-hybridized carbons (Fsp3) is 0.404. The monoisotopic (exact) mass is 859 g/mol. The highest BCUT2D eigenvalue weighted by Gasteiger charge is 2.45. The number of likely N-dealkylation sites (N-methyl/N-ethyl adjacent to an activating group) is 1. The number of β-amino-alcohol motifs (C(OH)–C–C–N with tert-alkyl or cyclic N) is 1. The molecule has 4 atom stereocenters. The number of aliphatic hydroxyl groups excluding tert-OH is 1. The van der Waals surface area contributed by atoms with Gasteiger partial charge in [0.1, 0.15) is 17.8 Å². The van der Waals surface area contributed by atoms with Crippen LogP contribution in [0.5, 0.6) is 5.75 Å². The second-order valence-electron chi connectivity index (χ2n) is 17.6. The number of likely N-dealkylation sites (tertiary alicyclic amines) is 1. The van der Waals surface area contributed by atoms with Crippen LogP contribution in [0.4, 0.5) is 5.69 Å². The maximum atomic E-state index is 14.4. The Kier molecular flexibility index (Phi) is 13.7. The number of piperazine rings is 1. The number of phenols is 1. The van der Waals surface area contributed by atoms with Crippen LogP contribution in [0.2, 0.25) is 0 Å². The van der Waals surface area contributed by atoms with Gasteiger partial charge in [0.25, 0.3) is 0 Å². The quantitative estimate of drug-likeness (QED) is 0.126. The van der Waals surface area contributed by atoms with Crippen molar-refractivity contribution in [3.8, 4) is 38.6 Å². The van der Waals surface area contributed by atoms with E-state index in [0.717, 1.165) is 51.6 Å². The number of nitrogens with zero attached hydrogens (tertiary/aromatic N) is 7. The molecule has 0 spiro atoms. The van der Waals surface area contributed by atoms with E-state index in [1.807, 2.05) is 107 Å². The van der Waals surface area contributed by atoms with E-state index in [0.29, 0.717) is 30.9 Å². The summed E-state index contributed by atoms with van der Waals surface area (Å²) in [7, 11) is 3.88. The summed E-state index contributed by atoms with van der Waals surface area (Å²) in [5.74, 6) is -0.851. The number of phenolic OH excluding ortho intramolecular Hbond substituents is 1. The summed E-state index contributed by atoms with van der Waals surface area (Å²) >= 11 is 1.59. The van der Waals surface area contributed by atoms with Gasteiger partial charge >= 0.3 is 0 Å². The number of thiazole rings is 1. The maximum Gasteiger partial charge on any atom is 0.246 e. The van der Waals surface area contributed by atoms with Gasteiger partial charge in [0.2, 0.25) is 17.7 Å². The molecule has 0 radical (unpaired) electrons.